The van der Waals surface area contributed by atoms with Gasteiger partial charge in [0.05, 0.1) is 20.8 Å². The van der Waals surface area contributed by atoms with Gasteiger partial charge < -0.3 is 19.7 Å². The maximum absolute atomic E-state index is 12.4. The Morgan fingerprint density at radius 3 is 2.45 bits per heavy atom. The molecule has 1 aromatic carbocycles. The fourth-order valence-corrected chi connectivity index (χ4v) is 3.63. The summed E-state index contributed by atoms with van der Waals surface area (Å²) in [6.45, 7) is 4.22. The van der Waals surface area contributed by atoms with E-state index < -0.39 is 12.7 Å². The number of benzene rings is 1. The van der Waals surface area contributed by atoms with E-state index in [0.29, 0.717) is 19.5 Å². The Morgan fingerprint density at radius 1 is 1.16 bits per heavy atom. The molecule has 2 rings (SSSR count). The minimum Gasteiger partial charge on any atom is -0.497 e. The molecule has 1 heterocycles. The van der Waals surface area contributed by atoms with Crippen molar-refractivity contribution < 1.29 is 22.6 Å². The van der Waals surface area contributed by atoms with Crippen LogP contribution < -0.4 is 14.8 Å². The number of hydrogen-bond donors (Lipinski definition) is 1. The zero-order chi connectivity index (χ0) is 22.9. The van der Waals surface area contributed by atoms with E-state index in [0.717, 1.165) is 55.7 Å². The topological polar surface area (TPSA) is 52.6 Å². The minimum atomic E-state index is -4.16. The minimum absolute atomic E-state index is 0.375. The van der Waals surface area contributed by atoms with Crippen LogP contribution in [-0.2, 0) is 6.54 Å². The molecule has 1 aliphatic rings. The van der Waals surface area contributed by atoms with Gasteiger partial charge in [0.25, 0.3) is 0 Å². The van der Waals surface area contributed by atoms with Crippen molar-refractivity contribution in [2.45, 2.75) is 19.1 Å². The summed E-state index contributed by atoms with van der Waals surface area (Å²) in [4.78, 5) is 10.2. The highest BCUT2D eigenvalue weighted by Crippen LogP contribution is 2.25. The van der Waals surface area contributed by atoms with Crippen LogP contribution in [0.3, 0.4) is 0 Å². The highest BCUT2D eigenvalue weighted by molar-refractivity contribution is 5.79. The number of guanidine groups is 1. The largest absolute Gasteiger partial charge is 0.497 e. The quantitative estimate of drug-likeness (QED) is 0.358. The van der Waals surface area contributed by atoms with E-state index in [2.05, 4.69) is 20.1 Å². The summed E-state index contributed by atoms with van der Waals surface area (Å²) in [6, 6.07) is 5.81. The molecule has 31 heavy (non-hydrogen) atoms. The van der Waals surface area contributed by atoms with Gasteiger partial charge in [-0.3, -0.25) is 14.8 Å². The Morgan fingerprint density at radius 2 is 1.87 bits per heavy atom. The number of aliphatic imine (C=N–C) groups is 1. The fraction of sp³-hybridized carbons (Fsp3) is 0.667. The van der Waals surface area contributed by atoms with Crippen molar-refractivity contribution >= 4 is 5.96 Å². The lowest BCUT2D eigenvalue weighted by molar-refractivity contribution is -0.143. The third-order valence-electron chi connectivity index (χ3n) is 5.21. The van der Waals surface area contributed by atoms with E-state index in [1.807, 2.05) is 18.2 Å². The van der Waals surface area contributed by atoms with Gasteiger partial charge >= 0.3 is 6.18 Å². The Labute approximate surface area is 182 Å². The van der Waals surface area contributed by atoms with Crippen LogP contribution >= 0.6 is 0 Å². The Balaban J connectivity index is 1.77. The van der Waals surface area contributed by atoms with Crippen LogP contribution in [0, 0.1) is 0 Å². The van der Waals surface area contributed by atoms with E-state index in [1.165, 1.54) is 11.9 Å². The normalized spacial score (nSPS) is 16.0. The first kappa shape index (κ1) is 25.1. The lowest BCUT2D eigenvalue weighted by atomic mass is 10.1. The molecule has 0 bridgehead atoms. The number of piperazine rings is 1. The van der Waals surface area contributed by atoms with Crippen molar-refractivity contribution in [3.05, 3.63) is 23.8 Å². The van der Waals surface area contributed by atoms with Crippen LogP contribution in [0.4, 0.5) is 13.2 Å². The number of ether oxygens (including phenoxy) is 2. The van der Waals surface area contributed by atoms with Gasteiger partial charge in [-0.25, -0.2) is 0 Å². The van der Waals surface area contributed by atoms with Crippen LogP contribution in [-0.4, -0.2) is 101 Å². The summed E-state index contributed by atoms with van der Waals surface area (Å²) < 4.78 is 48.0. The molecule has 0 saturated carbocycles. The summed E-state index contributed by atoms with van der Waals surface area (Å²) in [5, 5.41) is 3.27. The first-order chi connectivity index (χ1) is 14.8. The summed E-state index contributed by atoms with van der Waals surface area (Å²) in [5.41, 5.74) is 1.08. The van der Waals surface area contributed by atoms with Gasteiger partial charge in [-0.15, -0.1) is 0 Å². The molecule has 1 aliphatic heterocycles. The van der Waals surface area contributed by atoms with Gasteiger partial charge in [-0.05, 0) is 38.2 Å². The van der Waals surface area contributed by atoms with Crippen molar-refractivity contribution in [3.8, 4) is 11.5 Å². The average molecular weight is 446 g/mol. The van der Waals surface area contributed by atoms with Crippen LogP contribution in [0.1, 0.15) is 12.0 Å². The highest BCUT2D eigenvalue weighted by Gasteiger charge is 2.28. The lowest BCUT2D eigenvalue weighted by Crippen LogP contribution is -2.52. The molecule has 1 fully saturated rings. The Bertz CT molecular complexity index is 707. The SMILES string of the molecule is CN=C(NCCCN(C)CC(F)(F)F)N1CCN(Cc2cc(OC)ccc2OC)CC1. The monoisotopic (exact) mass is 445 g/mol. The molecular formula is C21H34F3N5O2. The summed E-state index contributed by atoms with van der Waals surface area (Å²) in [7, 11) is 6.53. The average Bonchev–Trinajstić information content (AvgIpc) is 2.73. The maximum Gasteiger partial charge on any atom is 0.401 e. The molecule has 1 saturated heterocycles. The molecule has 0 amide bonds. The third-order valence-corrected chi connectivity index (χ3v) is 5.21. The zero-order valence-electron chi connectivity index (χ0n) is 18.8. The predicted octanol–water partition coefficient (Wildman–Crippen LogP) is 2.28. The molecule has 0 atom stereocenters. The van der Waals surface area contributed by atoms with Crippen molar-refractivity contribution in [3.63, 3.8) is 0 Å². The third kappa shape index (κ3) is 8.45. The number of nitrogens with one attached hydrogen (secondary N) is 1. The number of halogens is 3. The predicted molar refractivity (Wildman–Crippen MR) is 116 cm³/mol. The summed E-state index contributed by atoms with van der Waals surface area (Å²) in [5.74, 6) is 2.44. The van der Waals surface area contributed by atoms with Crippen LogP contribution in [0.25, 0.3) is 0 Å². The van der Waals surface area contributed by atoms with Crippen LogP contribution in [0.5, 0.6) is 11.5 Å². The van der Waals surface area contributed by atoms with E-state index in [4.69, 9.17) is 9.47 Å². The van der Waals surface area contributed by atoms with Gasteiger partial charge in [0.1, 0.15) is 11.5 Å². The number of nitrogens with zero attached hydrogens (tertiary/aromatic N) is 4. The van der Waals surface area contributed by atoms with E-state index >= 15 is 0 Å². The van der Waals surface area contributed by atoms with Gasteiger partial charge in [-0.2, -0.15) is 13.2 Å². The second kappa shape index (κ2) is 12.0. The second-order valence-corrected chi connectivity index (χ2v) is 7.62. The van der Waals surface area contributed by atoms with Crippen molar-refractivity contribution in [2.75, 3.05) is 74.1 Å². The molecule has 0 aliphatic carbocycles. The lowest BCUT2D eigenvalue weighted by Gasteiger charge is -2.36. The first-order valence-electron chi connectivity index (χ1n) is 10.4. The maximum atomic E-state index is 12.4. The fourth-order valence-electron chi connectivity index (χ4n) is 3.63. The Kier molecular flexibility index (Phi) is 9.70. The smallest absolute Gasteiger partial charge is 0.401 e. The molecule has 0 unspecified atom stereocenters. The molecule has 176 valence electrons. The first-order valence-corrected chi connectivity index (χ1v) is 10.4. The molecule has 7 nitrogen and oxygen atoms in total. The van der Waals surface area contributed by atoms with E-state index in [1.54, 1.807) is 21.3 Å². The van der Waals surface area contributed by atoms with Gasteiger partial charge in [0, 0.05) is 51.9 Å². The molecule has 1 N–H and O–H groups in total. The van der Waals surface area contributed by atoms with Crippen molar-refractivity contribution in [1.82, 2.24) is 20.0 Å². The molecule has 0 spiro atoms. The Hall–Kier alpha value is -2.20. The molecular weight excluding hydrogens is 411 g/mol. The number of alkyl halides is 3. The van der Waals surface area contributed by atoms with Gasteiger partial charge in [-0.1, -0.05) is 0 Å². The van der Waals surface area contributed by atoms with E-state index in [9.17, 15) is 13.2 Å². The zero-order valence-corrected chi connectivity index (χ0v) is 18.8. The highest BCUT2D eigenvalue weighted by atomic mass is 19.4. The standard InChI is InChI=1S/C21H34F3N5O2/c1-25-20(26-8-5-9-27(2)16-21(22,23)24)29-12-10-28(11-13-29)15-17-14-18(30-3)6-7-19(17)31-4/h6-7,14H,5,8-13,15-16H2,1-4H3,(H,25,26). The van der Waals surface area contributed by atoms with Crippen LogP contribution in [0.15, 0.2) is 23.2 Å². The molecule has 0 radical (unpaired) electrons. The van der Waals surface area contributed by atoms with Gasteiger partial charge in [0.2, 0.25) is 0 Å². The van der Waals surface area contributed by atoms with Crippen molar-refractivity contribution in [2.24, 2.45) is 4.99 Å². The van der Waals surface area contributed by atoms with Crippen molar-refractivity contribution in [1.29, 1.82) is 0 Å². The molecule has 1 aromatic rings. The number of methoxy groups -OCH3 is 2. The summed E-state index contributed by atoms with van der Waals surface area (Å²) >= 11 is 0. The summed E-state index contributed by atoms with van der Waals surface area (Å²) in [6.07, 6.45) is -3.55. The van der Waals surface area contributed by atoms with Crippen LogP contribution in [0.2, 0.25) is 0 Å². The second-order valence-electron chi connectivity index (χ2n) is 7.62. The molecule has 0 aromatic heterocycles. The number of rotatable bonds is 9. The van der Waals surface area contributed by atoms with E-state index in [-0.39, 0.29) is 0 Å². The molecule has 10 heteroatoms. The van der Waals surface area contributed by atoms with Gasteiger partial charge in [0.15, 0.2) is 5.96 Å². The number of hydrogen-bond acceptors (Lipinski definition) is 5.